The minimum atomic E-state index is 0.215. The molecule has 5 nitrogen and oxygen atoms in total. The van der Waals surface area contributed by atoms with E-state index in [-0.39, 0.29) is 5.92 Å². The van der Waals surface area contributed by atoms with Crippen molar-refractivity contribution in [3.05, 3.63) is 119 Å². The molecule has 1 radical (unpaired) electrons. The molecule has 4 heterocycles. The van der Waals surface area contributed by atoms with Crippen molar-refractivity contribution in [1.29, 1.82) is 0 Å². The number of aromatic nitrogens is 4. The molecule has 1 atom stereocenters. The van der Waals surface area contributed by atoms with Crippen molar-refractivity contribution in [2.45, 2.75) is 73.6 Å². The minimum absolute atomic E-state index is 0.215. The summed E-state index contributed by atoms with van der Waals surface area (Å²) in [5, 5.41) is 3.34. The smallest absolute Gasteiger partial charge is 0.0760 e. The lowest BCUT2D eigenvalue weighted by molar-refractivity contribution is 0.308. The van der Waals surface area contributed by atoms with Crippen molar-refractivity contribution in [3.63, 3.8) is 0 Å². The van der Waals surface area contributed by atoms with Crippen molar-refractivity contribution in [2.24, 2.45) is 0 Å². The van der Waals surface area contributed by atoms with Gasteiger partial charge in [-0.15, -0.1) is 0 Å². The number of para-hydroxylation sites is 1. The Hall–Kier alpha value is -5.00. The Morgan fingerprint density at radius 3 is 2.10 bits per heavy atom. The molecule has 0 bridgehead atoms. The van der Waals surface area contributed by atoms with Gasteiger partial charge in [0, 0.05) is 57.9 Å². The second-order valence-electron chi connectivity index (χ2n) is 13.7. The molecule has 4 aromatic heterocycles. The van der Waals surface area contributed by atoms with Gasteiger partial charge in [0.2, 0.25) is 0 Å². The molecule has 0 aliphatic carbocycles. The first-order valence-corrected chi connectivity index (χ1v) is 18.7. The quantitative estimate of drug-likeness (QED) is 0.128. The van der Waals surface area contributed by atoms with Crippen molar-refractivity contribution in [1.82, 2.24) is 24.8 Å². The summed E-state index contributed by atoms with van der Waals surface area (Å²) in [6.45, 7) is 18.7. The van der Waals surface area contributed by atoms with Gasteiger partial charge < -0.3 is 4.90 Å². The minimum Gasteiger partial charge on any atom is -0.304 e. The number of nitrogens with zero attached hydrogens (tertiary/aromatic N) is 5. The lowest BCUT2D eigenvalue weighted by Crippen LogP contribution is -2.25. The fourth-order valence-electron chi connectivity index (χ4n) is 7.74. The molecule has 7 rings (SSSR count). The van der Waals surface area contributed by atoms with Gasteiger partial charge in [-0.3, -0.25) is 9.97 Å². The molecular weight excluding hydrogens is 623 g/mol. The van der Waals surface area contributed by atoms with Crippen LogP contribution in [-0.2, 0) is 12.8 Å². The van der Waals surface area contributed by atoms with Crippen LogP contribution >= 0.6 is 0 Å². The molecule has 0 aliphatic heterocycles. The van der Waals surface area contributed by atoms with E-state index in [9.17, 15) is 0 Å². The van der Waals surface area contributed by atoms with Crippen LogP contribution < -0.4 is 0 Å². The van der Waals surface area contributed by atoms with E-state index < -0.39 is 0 Å². The standard InChI is InChI=1S/C46H48N5/c1-8-29(5)42-44(41-26-30(6)33-18-12-13-20-39(33)49-41)43(40-21-15-17-24-48-40)34(22-25-51(10-3)11-4)37-28-36-31(7)35(38-19-14-16-23-47-38)27-32(9-2)45(36)50-46(37)42/h12-21,23-24,26-27,29H,8-11,22,25H2,1-7H3. The third-order valence-electron chi connectivity index (χ3n) is 10.8. The van der Waals surface area contributed by atoms with Gasteiger partial charge in [-0.2, -0.15) is 0 Å². The maximum absolute atomic E-state index is 5.73. The van der Waals surface area contributed by atoms with E-state index in [2.05, 4.69) is 120 Å². The van der Waals surface area contributed by atoms with Gasteiger partial charge in [0.05, 0.1) is 33.6 Å². The van der Waals surface area contributed by atoms with Crippen molar-refractivity contribution >= 4 is 32.7 Å². The van der Waals surface area contributed by atoms with E-state index in [0.717, 1.165) is 106 Å². The summed E-state index contributed by atoms with van der Waals surface area (Å²) in [7, 11) is 0. The largest absolute Gasteiger partial charge is 0.304 e. The summed E-state index contributed by atoms with van der Waals surface area (Å²) >= 11 is 0. The van der Waals surface area contributed by atoms with E-state index in [1.54, 1.807) is 0 Å². The van der Waals surface area contributed by atoms with Crippen LogP contribution in [0.5, 0.6) is 0 Å². The van der Waals surface area contributed by atoms with Crippen LogP contribution in [0.3, 0.4) is 0 Å². The van der Waals surface area contributed by atoms with Crippen molar-refractivity contribution in [2.75, 3.05) is 19.6 Å². The highest BCUT2D eigenvalue weighted by Gasteiger charge is 2.28. The van der Waals surface area contributed by atoms with Gasteiger partial charge in [0.15, 0.2) is 0 Å². The van der Waals surface area contributed by atoms with Gasteiger partial charge in [0.25, 0.3) is 0 Å². The Kier molecular flexibility index (Phi) is 9.93. The zero-order valence-electron chi connectivity index (χ0n) is 31.1. The maximum Gasteiger partial charge on any atom is 0.0760 e. The first-order chi connectivity index (χ1) is 24.9. The Labute approximate surface area is 302 Å². The monoisotopic (exact) mass is 670 g/mol. The first kappa shape index (κ1) is 34.4. The van der Waals surface area contributed by atoms with Crippen LogP contribution in [0.1, 0.15) is 74.8 Å². The highest BCUT2D eigenvalue weighted by Crippen LogP contribution is 2.47. The number of aryl methyl sites for hydroxylation is 3. The fourth-order valence-corrected chi connectivity index (χ4v) is 7.74. The van der Waals surface area contributed by atoms with E-state index >= 15 is 0 Å². The normalized spacial score (nSPS) is 12.4. The SMILES string of the molecule is CCc1cc(-c2ccccn2)c(C)c2[c]c3c(CCN(CC)CC)c(-c4ccccn4)c(-c4cc(C)c5ccccc5n4)c(C(C)CC)c3nc12. The molecule has 0 saturated carbocycles. The Balaban J connectivity index is 1.69. The molecule has 5 heteroatoms. The van der Waals surface area contributed by atoms with Crippen LogP contribution in [0.2, 0.25) is 0 Å². The maximum atomic E-state index is 5.73. The van der Waals surface area contributed by atoms with Crippen molar-refractivity contribution in [3.8, 4) is 33.8 Å². The molecule has 0 fully saturated rings. The van der Waals surface area contributed by atoms with E-state index in [4.69, 9.17) is 19.9 Å². The summed E-state index contributed by atoms with van der Waals surface area (Å²) in [5.74, 6) is 0.215. The summed E-state index contributed by atoms with van der Waals surface area (Å²) in [6, 6.07) is 29.5. The molecule has 0 N–H and O–H groups in total. The second-order valence-corrected chi connectivity index (χ2v) is 13.7. The predicted octanol–water partition coefficient (Wildman–Crippen LogP) is 11.1. The number of benzene rings is 3. The van der Waals surface area contributed by atoms with Crippen LogP contribution in [-0.4, -0.2) is 44.5 Å². The molecule has 0 spiro atoms. The molecule has 0 saturated heterocycles. The molecule has 3 aromatic carbocycles. The number of hydrogen-bond donors (Lipinski definition) is 0. The van der Waals surface area contributed by atoms with Gasteiger partial charge in [0.1, 0.15) is 0 Å². The summed E-state index contributed by atoms with van der Waals surface area (Å²) in [6.07, 6.45) is 6.46. The average Bonchev–Trinajstić information content (AvgIpc) is 3.17. The number of hydrogen-bond acceptors (Lipinski definition) is 5. The zero-order valence-corrected chi connectivity index (χ0v) is 31.1. The molecule has 7 aromatic rings. The highest BCUT2D eigenvalue weighted by molar-refractivity contribution is 6.07. The van der Waals surface area contributed by atoms with Crippen LogP contribution in [0.25, 0.3) is 66.5 Å². The Morgan fingerprint density at radius 1 is 0.725 bits per heavy atom. The molecule has 0 aliphatic rings. The second kappa shape index (κ2) is 14.7. The number of fused-ring (bicyclic) bond motifs is 3. The lowest BCUT2D eigenvalue weighted by Gasteiger charge is -2.27. The van der Waals surface area contributed by atoms with E-state index in [1.165, 1.54) is 27.6 Å². The zero-order chi connectivity index (χ0) is 35.6. The molecular formula is C46H48N5. The van der Waals surface area contributed by atoms with Gasteiger partial charge >= 0.3 is 0 Å². The van der Waals surface area contributed by atoms with Crippen LogP contribution in [0.4, 0.5) is 0 Å². The predicted molar refractivity (Wildman–Crippen MR) is 214 cm³/mol. The number of pyridine rings is 4. The van der Waals surface area contributed by atoms with Gasteiger partial charge in [-0.1, -0.05) is 65.0 Å². The lowest BCUT2D eigenvalue weighted by atomic mass is 9.80. The molecule has 51 heavy (non-hydrogen) atoms. The molecule has 1 unspecified atom stereocenters. The first-order valence-electron chi connectivity index (χ1n) is 18.7. The summed E-state index contributed by atoms with van der Waals surface area (Å²) in [4.78, 5) is 23.5. The number of rotatable bonds is 11. The molecule has 257 valence electrons. The third kappa shape index (κ3) is 6.29. The van der Waals surface area contributed by atoms with Gasteiger partial charge in [-0.25, -0.2) is 9.97 Å². The van der Waals surface area contributed by atoms with Crippen molar-refractivity contribution < 1.29 is 0 Å². The van der Waals surface area contributed by atoms with Crippen LogP contribution in [0.15, 0.2) is 85.2 Å². The number of likely N-dealkylation sites (N-methyl/N-ethyl adjacent to an activating group) is 1. The van der Waals surface area contributed by atoms with Gasteiger partial charge in [-0.05, 0) is 122 Å². The average molecular weight is 671 g/mol. The van der Waals surface area contributed by atoms with E-state index in [1.807, 2.05) is 24.5 Å². The Morgan fingerprint density at radius 2 is 1.43 bits per heavy atom. The van der Waals surface area contributed by atoms with Crippen LogP contribution in [0, 0.1) is 19.9 Å². The van der Waals surface area contributed by atoms with E-state index in [0.29, 0.717) is 0 Å². The summed E-state index contributed by atoms with van der Waals surface area (Å²) < 4.78 is 0. The fraction of sp³-hybridized carbons (Fsp3) is 0.304. The Bertz CT molecular complexity index is 2340. The third-order valence-corrected chi connectivity index (χ3v) is 10.8. The summed E-state index contributed by atoms with van der Waals surface area (Å²) in [5.41, 5.74) is 15.5. The highest BCUT2D eigenvalue weighted by atomic mass is 15.1. The topological polar surface area (TPSA) is 54.8 Å². The molecule has 0 amide bonds.